The molecule has 5 nitrogen and oxygen atoms in total. The fourth-order valence-electron chi connectivity index (χ4n) is 3.68. The summed E-state index contributed by atoms with van der Waals surface area (Å²) in [7, 11) is 0. The van der Waals surface area contributed by atoms with Crippen LogP contribution in [0.4, 0.5) is 5.69 Å². The molecule has 3 aromatic rings. The number of aryl methyl sites for hydroxylation is 2. The minimum atomic E-state index is -0.955. The van der Waals surface area contributed by atoms with Gasteiger partial charge in [0.25, 0.3) is 5.91 Å². The van der Waals surface area contributed by atoms with E-state index in [0.717, 1.165) is 33.9 Å². The molecular formula is C24H20N2O3S2. The van der Waals surface area contributed by atoms with Gasteiger partial charge in [-0.25, -0.2) is 4.79 Å². The van der Waals surface area contributed by atoms with Crippen LogP contribution in [-0.2, 0) is 4.79 Å². The summed E-state index contributed by atoms with van der Waals surface area (Å²) >= 11 is 6.78. The predicted molar refractivity (Wildman–Crippen MR) is 129 cm³/mol. The van der Waals surface area contributed by atoms with Gasteiger partial charge in [-0.1, -0.05) is 36.1 Å². The second-order valence-electron chi connectivity index (χ2n) is 7.37. The van der Waals surface area contributed by atoms with Crippen molar-refractivity contribution in [2.24, 2.45) is 0 Å². The van der Waals surface area contributed by atoms with Gasteiger partial charge in [-0.3, -0.25) is 9.69 Å². The molecule has 1 N–H and O–H groups in total. The minimum Gasteiger partial charge on any atom is -0.478 e. The Morgan fingerprint density at radius 3 is 2.39 bits per heavy atom. The van der Waals surface area contributed by atoms with Crippen LogP contribution >= 0.6 is 24.0 Å². The van der Waals surface area contributed by atoms with E-state index >= 15 is 0 Å². The van der Waals surface area contributed by atoms with Crippen LogP contribution in [0.25, 0.3) is 11.8 Å². The van der Waals surface area contributed by atoms with Crippen molar-refractivity contribution >= 4 is 51.9 Å². The highest BCUT2D eigenvalue weighted by molar-refractivity contribution is 8.27. The van der Waals surface area contributed by atoms with E-state index in [1.165, 1.54) is 11.8 Å². The number of aromatic nitrogens is 1. The summed E-state index contributed by atoms with van der Waals surface area (Å²) in [5.74, 6) is -1.08. The van der Waals surface area contributed by atoms with E-state index in [4.69, 9.17) is 17.3 Å². The molecule has 0 saturated carbocycles. The van der Waals surface area contributed by atoms with Crippen LogP contribution in [0.2, 0.25) is 0 Å². The van der Waals surface area contributed by atoms with Crippen LogP contribution in [0.1, 0.15) is 32.9 Å². The Kier molecular flexibility index (Phi) is 5.56. The summed E-state index contributed by atoms with van der Waals surface area (Å²) in [5.41, 5.74) is 5.81. The van der Waals surface area contributed by atoms with Gasteiger partial charge < -0.3 is 9.67 Å². The number of nitrogens with zero attached hydrogens (tertiary/aromatic N) is 2. The molecule has 0 unspecified atom stereocenters. The molecule has 156 valence electrons. The van der Waals surface area contributed by atoms with Crippen LogP contribution in [0.3, 0.4) is 0 Å². The number of hydrogen-bond donors (Lipinski definition) is 1. The van der Waals surface area contributed by atoms with Crippen LogP contribution in [0, 0.1) is 20.8 Å². The SMILES string of the molecule is Cc1cccc(N2C(=O)/C(=C/c3cc(C)n(-c4ccc(C(=O)O)cc4)c3C)SC2=S)c1. The molecule has 1 saturated heterocycles. The summed E-state index contributed by atoms with van der Waals surface area (Å²) in [4.78, 5) is 26.4. The maximum Gasteiger partial charge on any atom is 0.335 e. The number of carbonyl (C=O) groups excluding carboxylic acids is 1. The standard InChI is InChI=1S/C24H20N2O3S2/c1-14-5-4-6-20(11-14)26-22(27)21(31-24(26)30)13-18-12-15(2)25(16(18)3)19-9-7-17(8-10-19)23(28)29/h4-13H,1-3H3,(H,28,29)/b21-13-. The van der Waals surface area contributed by atoms with E-state index in [1.54, 1.807) is 29.2 Å². The molecule has 1 aromatic heterocycles. The van der Waals surface area contributed by atoms with Crippen LogP contribution in [0.5, 0.6) is 0 Å². The number of carboxylic acids is 1. The van der Waals surface area contributed by atoms with Gasteiger partial charge in [0.2, 0.25) is 0 Å². The number of thiocarbonyl (C=S) groups is 1. The van der Waals surface area contributed by atoms with Crippen molar-refractivity contribution in [3.8, 4) is 5.69 Å². The molecule has 1 fully saturated rings. The topological polar surface area (TPSA) is 62.5 Å². The zero-order valence-corrected chi connectivity index (χ0v) is 18.9. The molecule has 4 rings (SSSR count). The fourth-order valence-corrected chi connectivity index (χ4v) is 4.97. The van der Waals surface area contributed by atoms with Crippen molar-refractivity contribution in [2.45, 2.75) is 20.8 Å². The number of carboxylic acid groups (broad SMARTS) is 1. The zero-order valence-electron chi connectivity index (χ0n) is 17.2. The average Bonchev–Trinajstić information content (AvgIpc) is 3.16. The smallest absolute Gasteiger partial charge is 0.335 e. The number of thioether (sulfide) groups is 1. The first-order chi connectivity index (χ1) is 14.8. The van der Waals surface area contributed by atoms with Gasteiger partial charge in [-0.2, -0.15) is 0 Å². The maximum absolute atomic E-state index is 13.1. The van der Waals surface area contributed by atoms with E-state index in [-0.39, 0.29) is 11.5 Å². The van der Waals surface area contributed by atoms with Crippen LogP contribution in [-0.4, -0.2) is 25.9 Å². The van der Waals surface area contributed by atoms with Gasteiger partial charge in [0.15, 0.2) is 4.32 Å². The Morgan fingerprint density at radius 2 is 1.74 bits per heavy atom. The van der Waals surface area contributed by atoms with E-state index in [0.29, 0.717) is 9.23 Å². The van der Waals surface area contributed by atoms with E-state index in [2.05, 4.69) is 0 Å². The number of aromatic carboxylic acids is 1. The highest BCUT2D eigenvalue weighted by atomic mass is 32.2. The van der Waals surface area contributed by atoms with Crippen molar-refractivity contribution in [2.75, 3.05) is 4.90 Å². The van der Waals surface area contributed by atoms with Crippen molar-refractivity contribution in [3.05, 3.63) is 87.6 Å². The maximum atomic E-state index is 13.1. The first kappa shape index (κ1) is 21.1. The molecule has 0 spiro atoms. The number of carbonyl (C=O) groups is 2. The minimum absolute atomic E-state index is 0.129. The second kappa shape index (κ2) is 8.17. The number of hydrogen-bond acceptors (Lipinski definition) is 4. The summed E-state index contributed by atoms with van der Waals surface area (Å²) in [6, 6.07) is 16.5. The van der Waals surface area contributed by atoms with Crippen molar-refractivity contribution in [1.29, 1.82) is 0 Å². The van der Waals surface area contributed by atoms with Crippen molar-refractivity contribution in [1.82, 2.24) is 4.57 Å². The van der Waals surface area contributed by atoms with Gasteiger partial charge in [-0.15, -0.1) is 0 Å². The monoisotopic (exact) mass is 448 g/mol. The van der Waals surface area contributed by atoms with E-state index in [9.17, 15) is 9.59 Å². The Hall–Kier alpha value is -3.16. The van der Waals surface area contributed by atoms with E-state index < -0.39 is 5.97 Å². The lowest BCUT2D eigenvalue weighted by atomic mass is 10.2. The first-order valence-electron chi connectivity index (χ1n) is 9.63. The Labute approximate surface area is 190 Å². The molecule has 1 aliphatic heterocycles. The number of benzene rings is 2. The molecule has 7 heteroatoms. The third kappa shape index (κ3) is 3.94. The number of amides is 1. The molecule has 2 heterocycles. The normalized spacial score (nSPS) is 15.2. The fraction of sp³-hybridized carbons (Fsp3) is 0.125. The Balaban J connectivity index is 1.68. The van der Waals surface area contributed by atoms with Gasteiger partial charge in [0.1, 0.15) is 0 Å². The zero-order chi connectivity index (χ0) is 22.3. The Morgan fingerprint density at radius 1 is 1.03 bits per heavy atom. The number of anilines is 1. The Bertz CT molecular complexity index is 1260. The van der Waals surface area contributed by atoms with E-state index in [1.807, 2.05) is 61.7 Å². The quantitative estimate of drug-likeness (QED) is 0.421. The average molecular weight is 449 g/mol. The summed E-state index contributed by atoms with van der Waals surface area (Å²) in [6.45, 7) is 5.94. The highest BCUT2D eigenvalue weighted by Crippen LogP contribution is 2.37. The van der Waals surface area contributed by atoms with Gasteiger partial charge in [-0.05, 0) is 80.4 Å². The van der Waals surface area contributed by atoms with Crippen molar-refractivity contribution in [3.63, 3.8) is 0 Å². The highest BCUT2D eigenvalue weighted by Gasteiger charge is 2.33. The largest absolute Gasteiger partial charge is 0.478 e. The third-order valence-corrected chi connectivity index (χ3v) is 6.49. The first-order valence-corrected chi connectivity index (χ1v) is 10.9. The summed E-state index contributed by atoms with van der Waals surface area (Å²) < 4.78 is 2.55. The van der Waals surface area contributed by atoms with Gasteiger partial charge in [0, 0.05) is 17.1 Å². The lowest BCUT2D eigenvalue weighted by Gasteiger charge is -2.14. The van der Waals surface area contributed by atoms with Crippen LogP contribution in [0.15, 0.2) is 59.5 Å². The second-order valence-corrected chi connectivity index (χ2v) is 9.05. The molecule has 2 aromatic carbocycles. The molecule has 0 atom stereocenters. The third-order valence-electron chi connectivity index (χ3n) is 5.18. The molecular weight excluding hydrogens is 428 g/mol. The summed E-state index contributed by atoms with van der Waals surface area (Å²) in [5, 5.41) is 9.12. The lowest BCUT2D eigenvalue weighted by molar-refractivity contribution is -0.113. The molecule has 1 aliphatic rings. The molecule has 31 heavy (non-hydrogen) atoms. The van der Waals surface area contributed by atoms with Crippen molar-refractivity contribution < 1.29 is 14.7 Å². The molecule has 0 bridgehead atoms. The molecule has 0 aliphatic carbocycles. The van der Waals surface area contributed by atoms with Gasteiger partial charge >= 0.3 is 5.97 Å². The molecule has 1 amide bonds. The number of rotatable bonds is 4. The van der Waals surface area contributed by atoms with Gasteiger partial charge in [0.05, 0.1) is 16.2 Å². The lowest BCUT2D eigenvalue weighted by Crippen LogP contribution is -2.27. The molecule has 0 radical (unpaired) electrons. The predicted octanol–water partition coefficient (Wildman–Crippen LogP) is 5.51. The van der Waals surface area contributed by atoms with Crippen LogP contribution < -0.4 is 4.90 Å². The summed E-state index contributed by atoms with van der Waals surface area (Å²) in [6.07, 6.45) is 1.87.